The lowest BCUT2D eigenvalue weighted by Gasteiger charge is -2.22. The standard InChI is InChI=1S/C21H23N5O3/c1-12(28)17(11-27)24-20-16(21(22)29)9-23-26-10-15(8-19(20)26)13-3-4-18-14(7-13)5-6-25(18)2/h3-10,12,17,24,27-28H,11H2,1-2H3,(H2,22,29). The van der Waals surface area contributed by atoms with Crippen LogP contribution in [0, 0.1) is 0 Å². The minimum atomic E-state index is -0.830. The second-order valence-corrected chi connectivity index (χ2v) is 7.23. The quantitative estimate of drug-likeness (QED) is 0.398. The molecular weight excluding hydrogens is 370 g/mol. The van der Waals surface area contributed by atoms with Crippen LogP contribution in [0.3, 0.4) is 0 Å². The van der Waals surface area contributed by atoms with E-state index in [2.05, 4.69) is 33.2 Å². The highest BCUT2D eigenvalue weighted by molar-refractivity contribution is 6.02. The lowest BCUT2D eigenvalue weighted by Crippen LogP contribution is -2.35. The van der Waals surface area contributed by atoms with Gasteiger partial charge in [0, 0.05) is 35.9 Å². The van der Waals surface area contributed by atoms with E-state index in [4.69, 9.17) is 5.73 Å². The van der Waals surface area contributed by atoms with Gasteiger partial charge in [-0.3, -0.25) is 4.79 Å². The maximum Gasteiger partial charge on any atom is 0.252 e. The molecular formula is C21H23N5O3. The van der Waals surface area contributed by atoms with Gasteiger partial charge >= 0.3 is 0 Å². The van der Waals surface area contributed by atoms with Gasteiger partial charge in [0.25, 0.3) is 5.91 Å². The molecule has 0 spiro atoms. The number of carbonyl (C=O) groups excluding carboxylic acids is 1. The fourth-order valence-corrected chi connectivity index (χ4v) is 3.52. The lowest BCUT2D eigenvalue weighted by molar-refractivity contribution is 0.0999. The zero-order chi connectivity index (χ0) is 20.7. The average molecular weight is 393 g/mol. The van der Waals surface area contributed by atoms with Crippen LogP contribution < -0.4 is 11.1 Å². The number of primary amides is 1. The Balaban J connectivity index is 1.85. The molecule has 1 amide bonds. The second kappa shape index (κ2) is 7.23. The van der Waals surface area contributed by atoms with Crippen LogP contribution in [0.5, 0.6) is 0 Å². The first-order chi connectivity index (χ1) is 13.9. The van der Waals surface area contributed by atoms with Gasteiger partial charge in [-0.1, -0.05) is 6.07 Å². The van der Waals surface area contributed by atoms with E-state index in [1.54, 1.807) is 11.4 Å². The Morgan fingerprint density at radius 3 is 2.72 bits per heavy atom. The van der Waals surface area contributed by atoms with Crippen LogP contribution in [0.4, 0.5) is 5.69 Å². The van der Waals surface area contributed by atoms with Gasteiger partial charge in [0.1, 0.15) is 0 Å². The van der Waals surface area contributed by atoms with Crippen molar-refractivity contribution >= 4 is 28.0 Å². The number of rotatable bonds is 6. The van der Waals surface area contributed by atoms with Gasteiger partial charge in [-0.05, 0) is 36.8 Å². The molecule has 0 saturated heterocycles. The molecule has 4 rings (SSSR count). The maximum absolute atomic E-state index is 11.9. The largest absolute Gasteiger partial charge is 0.394 e. The third-order valence-corrected chi connectivity index (χ3v) is 5.23. The molecule has 4 aromatic rings. The van der Waals surface area contributed by atoms with E-state index in [-0.39, 0.29) is 12.2 Å². The topological polar surface area (TPSA) is 118 Å². The minimum absolute atomic E-state index is 0.194. The second-order valence-electron chi connectivity index (χ2n) is 7.23. The fraction of sp³-hybridized carbons (Fsp3) is 0.238. The Kier molecular flexibility index (Phi) is 4.73. The summed E-state index contributed by atoms with van der Waals surface area (Å²) in [6.45, 7) is 1.26. The SMILES string of the molecule is CC(O)C(CO)Nc1c(C(N)=O)cnn2cc(-c3ccc4c(ccn4C)c3)cc12. The number of fused-ring (bicyclic) bond motifs is 2. The molecule has 0 aliphatic carbocycles. The van der Waals surface area contributed by atoms with Gasteiger partial charge < -0.3 is 25.8 Å². The molecule has 0 bridgehead atoms. The zero-order valence-corrected chi connectivity index (χ0v) is 16.2. The van der Waals surface area contributed by atoms with Gasteiger partial charge in [-0.2, -0.15) is 5.10 Å². The monoisotopic (exact) mass is 393 g/mol. The predicted octanol–water partition coefficient (Wildman–Crippen LogP) is 1.75. The molecule has 150 valence electrons. The molecule has 3 heterocycles. The summed E-state index contributed by atoms with van der Waals surface area (Å²) in [6, 6.07) is 9.49. The van der Waals surface area contributed by atoms with Crippen molar-refractivity contribution in [1.29, 1.82) is 0 Å². The van der Waals surface area contributed by atoms with Crippen molar-refractivity contribution in [3.05, 3.63) is 54.5 Å². The molecule has 0 saturated carbocycles. The van der Waals surface area contributed by atoms with Crippen molar-refractivity contribution in [2.45, 2.75) is 19.1 Å². The number of hydrogen-bond donors (Lipinski definition) is 4. The number of anilines is 1. The normalized spacial score (nSPS) is 13.7. The van der Waals surface area contributed by atoms with Crippen LogP contribution in [0.25, 0.3) is 27.5 Å². The van der Waals surface area contributed by atoms with Gasteiger partial charge in [-0.25, -0.2) is 4.52 Å². The third-order valence-electron chi connectivity index (χ3n) is 5.23. The third kappa shape index (κ3) is 3.32. The molecule has 8 heteroatoms. The number of amides is 1. The van der Waals surface area contributed by atoms with E-state index >= 15 is 0 Å². The van der Waals surface area contributed by atoms with E-state index in [1.807, 2.05) is 31.6 Å². The van der Waals surface area contributed by atoms with E-state index < -0.39 is 18.1 Å². The van der Waals surface area contributed by atoms with Crippen LogP contribution in [0.2, 0.25) is 0 Å². The molecule has 29 heavy (non-hydrogen) atoms. The van der Waals surface area contributed by atoms with E-state index in [1.165, 1.54) is 6.20 Å². The zero-order valence-electron chi connectivity index (χ0n) is 16.2. The smallest absolute Gasteiger partial charge is 0.252 e. The Bertz CT molecular complexity index is 1210. The maximum atomic E-state index is 11.9. The number of benzene rings is 1. The van der Waals surface area contributed by atoms with Crippen molar-refractivity contribution in [2.24, 2.45) is 12.8 Å². The molecule has 0 aliphatic rings. The number of nitrogens with two attached hydrogens (primary N) is 1. The summed E-state index contributed by atoms with van der Waals surface area (Å²) < 4.78 is 3.71. The highest BCUT2D eigenvalue weighted by Gasteiger charge is 2.21. The van der Waals surface area contributed by atoms with E-state index in [0.29, 0.717) is 11.2 Å². The molecule has 0 radical (unpaired) electrons. The Labute approximate surface area is 167 Å². The van der Waals surface area contributed by atoms with Crippen molar-refractivity contribution in [2.75, 3.05) is 11.9 Å². The van der Waals surface area contributed by atoms with Gasteiger partial charge in [0.15, 0.2) is 0 Å². The fourth-order valence-electron chi connectivity index (χ4n) is 3.52. The van der Waals surface area contributed by atoms with E-state index in [9.17, 15) is 15.0 Å². The van der Waals surface area contributed by atoms with Crippen molar-refractivity contribution in [1.82, 2.24) is 14.2 Å². The Morgan fingerprint density at radius 1 is 1.24 bits per heavy atom. The first-order valence-corrected chi connectivity index (χ1v) is 9.31. The Morgan fingerprint density at radius 2 is 2.03 bits per heavy atom. The molecule has 2 unspecified atom stereocenters. The highest BCUT2D eigenvalue weighted by Crippen LogP contribution is 2.31. The summed E-state index contributed by atoms with van der Waals surface area (Å²) in [6.07, 6.45) is 4.44. The number of aryl methyl sites for hydroxylation is 1. The molecule has 3 aromatic heterocycles. The van der Waals surface area contributed by atoms with Crippen molar-refractivity contribution in [3.8, 4) is 11.1 Å². The predicted molar refractivity (Wildman–Crippen MR) is 112 cm³/mol. The van der Waals surface area contributed by atoms with Gasteiger partial charge in [0.05, 0.1) is 41.7 Å². The summed E-state index contributed by atoms with van der Waals surface area (Å²) in [5.41, 5.74) is 9.85. The first kappa shape index (κ1) is 19.0. The number of hydrogen-bond acceptors (Lipinski definition) is 5. The number of nitrogens with one attached hydrogen (secondary N) is 1. The molecule has 2 atom stereocenters. The number of carbonyl (C=O) groups is 1. The summed E-state index contributed by atoms with van der Waals surface area (Å²) >= 11 is 0. The molecule has 5 N–H and O–H groups in total. The van der Waals surface area contributed by atoms with E-state index in [0.717, 1.165) is 22.0 Å². The van der Waals surface area contributed by atoms with Crippen molar-refractivity contribution < 1.29 is 15.0 Å². The van der Waals surface area contributed by atoms with Crippen LogP contribution in [0.1, 0.15) is 17.3 Å². The number of aliphatic hydroxyl groups excluding tert-OH is 2. The van der Waals surface area contributed by atoms with Crippen LogP contribution in [-0.2, 0) is 7.05 Å². The lowest BCUT2D eigenvalue weighted by atomic mass is 10.1. The summed E-state index contributed by atoms with van der Waals surface area (Å²) in [4.78, 5) is 11.9. The number of nitrogens with zero attached hydrogens (tertiary/aromatic N) is 3. The number of aromatic nitrogens is 3. The van der Waals surface area contributed by atoms with Crippen molar-refractivity contribution in [3.63, 3.8) is 0 Å². The molecule has 0 fully saturated rings. The van der Waals surface area contributed by atoms with Crippen LogP contribution in [-0.4, -0.2) is 49.1 Å². The summed E-state index contributed by atoms with van der Waals surface area (Å²) in [7, 11) is 2.00. The average Bonchev–Trinajstić information content (AvgIpc) is 3.29. The molecule has 0 aliphatic heterocycles. The molecule has 8 nitrogen and oxygen atoms in total. The minimum Gasteiger partial charge on any atom is -0.394 e. The van der Waals surface area contributed by atoms with Gasteiger partial charge in [0.2, 0.25) is 0 Å². The van der Waals surface area contributed by atoms with Gasteiger partial charge in [-0.15, -0.1) is 0 Å². The number of aliphatic hydroxyl groups is 2. The van der Waals surface area contributed by atoms with Crippen LogP contribution >= 0.6 is 0 Å². The van der Waals surface area contributed by atoms with Crippen LogP contribution in [0.15, 0.2) is 48.9 Å². The highest BCUT2D eigenvalue weighted by atomic mass is 16.3. The molecule has 1 aromatic carbocycles. The summed E-state index contributed by atoms with van der Waals surface area (Å²) in [5.74, 6) is -0.641. The first-order valence-electron chi connectivity index (χ1n) is 9.31. The summed E-state index contributed by atoms with van der Waals surface area (Å²) in [5, 5.41) is 28.0. The Hall–Kier alpha value is -3.36.